The number of rotatable bonds is 6. The summed E-state index contributed by atoms with van der Waals surface area (Å²) in [6, 6.07) is 9.76. The summed E-state index contributed by atoms with van der Waals surface area (Å²) in [6.45, 7) is 2.51. The zero-order valence-electron chi connectivity index (χ0n) is 9.65. The van der Waals surface area contributed by atoms with E-state index < -0.39 is 0 Å². The normalized spacial score (nSPS) is 9.31. The molecule has 0 aliphatic carbocycles. The molecule has 90 valence electrons. The van der Waals surface area contributed by atoms with Gasteiger partial charge in [-0.25, -0.2) is 0 Å². The van der Waals surface area contributed by atoms with Gasteiger partial charge in [-0.05, 0) is 12.0 Å². The fourth-order valence-electron chi connectivity index (χ4n) is 1.33. The SMILES string of the molecule is CCCCCC(=O)OCc1ccccc1.Cl. The molecule has 0 aliphatic rings. The van der Waals surface area contributed by atoms with E-state index in [1.54, 1.807) is 0 Å². The molecular formula is C13H19ClO2. The van der Waals surface area contributed by atoms with Crippen molar-refractivity contribution in [3.8, 4) is 0 Å². The van der Waals surface area contributed by atoms with Gasteiger partial charge in [0.05, 0.1) is 0 Å². The van der Waals surface area contributed by atoms with E-state index in [1.807, 2.05) is 30.3 Å². The van der Waals surface area contributed by atoms with Gasteiger partial charge in [0.2, 0.25) is 0 Å². The summed E-state index contributed by atoms with van der Waals surface area (Å²) in [5.41, 5.74) is 1.04. The van der Waals surface area contributed by atoms with Crippen LogP contribution in [-0.4, -0.2) is 5.97 Å². The molecule has 0 amide bonds. The van der Waals surface area contributed by atoms with Crippen molar-refractivity contribution in [1.82, 2.24) is 0 Å². The predicted octanol–water partition coefficient (Wildman–Crippen LogP) is 3.73. The molecule has 0 unspecified atom stereocenters. The lowest BCUT2D eigenvalue weighted by Crippen LogP contribution is -2.04. The lowest BCUT2D eigenvalue weighted by Gasteiger charge is -2.04. The Morgan fingerprint density at radius 3 is 2.50 bits per heavy atom. The number of carbonyl (C=O) groups excluding carboxylic acids is 1. The molecule has 1 aromatic carbocycles. The molecule has 1 aromatic rings. The maximum Gasteiger partial charge on any atom is 0.306 e. The number of carbonyl (C=O) groups is 1. The number of benzene rings is 1. The minimum atomic E-state index is -0.0905. The monoisotopic (exact) mass is 242 g/mol. The average molecular weight is 243 g/mol. The first-order valence-corrected chi connectivity index (χ1v) is 5.52. The van der Waals surface area contributed by atoms with E-state index in [0.29, 0.717) is 13.0 Å². The van der Waals surface area contributed by atoms with E-state index in [0.717, 1.165) is 24.8 Å². The van der Waals surface area contributed by atoms with Crippen LogP contribution in [0, 0.1) is 0 Å². The highest BCUT2D eigenvalue weighted by Crippen LogP contribution is 2.04. The summed E-state index contributed by atoms with van der Waals surface area (Å²) in [7, 11) is 0. The van der Waals surface area contributed by atoms with Crippen molar-refractivity contribution in [3.05, 3.63) is 35.9 Å². The van der Waals surface area contributed by atoms with Crippen LogP contribution in [0.3, 0.4) is 0 Å². The fourth-order valence-corrected chi connectivity index (χ4v) is 1.33. The Labute approximate surface area is 103 Å². The molecule has 0 aliphatic heterocycles. The molecule has 0 fully saturated rings. The van der Waals surface area contributed by atoms with Gasteiger partial charge in [-0.3, -0.25) is 4.79 Å². The predicted molar refractivity (Wildman–Crippen MR) is 67.6 cm³/mol. The van der Waals surface area contributed by atoms with Gasteiger partial charge in [0, 0.05) is 6.42 Å². The van der Waals surface area contributed by atoms with Gasteiger partial charge in [0.15, 0.2) is 0 Å². The highest BCUT2D eigenvalue weighted by atomic mass is 35.5. The number of hydrogen-bond acceptors (Lipinski definition) is 2. The van der Waals surface area contributed by atoms with Gasteiger partial charge in [-0.1, -0.05) is 50.1 Å². The summed E-state index contributed by atoms with van der Waals surface area (Å²) in [6.07, 6.45) is 3.71. The second-order valence-corrected chi connectivity index (χ2v) is 3.60. The Hall–Kier alpha value is -1.02. The quantitative estimate of drug-likeness (QED) is 0.561. The topological polar surface area (TPSA) is 26.3 Å². The average Bonchev–Trinajstić information content (AvgIpc) is 2.28. The number of hydrogen-bond donors (Lipinski definition) is 0. The Morgan fingerprint density at radius 1 is 1.19 bits per heavy atom. The number of halogens is 1. The summed E-state index contributed by atoms with van der Waals surface area (Å²) in [4.78, 5) is 11.3. The van der Waals surface area contributed by atoms with Crippen molar-refractivity contribution < 1.29 is 9.53 Å². The van der Waals surface area contributed by atoms with E-state index in [2.05, 4.69) is 6.92 Å². The van der Waals surface area contributed by atoms with Gasteiger partial charge < -0.3 is 4.74 Å². The van der Waals surface area contributed by atoms with E-state index in [1.165, 1.54) is 0 Å². The molecule has 0 spiro atoms. The molecule has 16 heavy (non-hydrogen) atoms. The number of esters is 1. The highest BCUT2D eigenvalue weighted by Gasteiger charge is 2.02. The van der Waals surface area contributed by atoms with Gasteiger partial charge >= 0.3 is 5.97 Å². The van der Waals surface area contributed by atoms with Crippen molar-refractivity contribution in [2.24, 2.45) is 0 Å². The summed E-state index contributed by atoms with van der Waals surface area (Å²) >= 11 is 0. The smallest absolute Gasteiger partial charge is 0.306 e. The van der Waals surface area contributed by atoms with E-state index in [-0.39, 0.29) is 18.4 Å². The third-order valence-electron chi connectivity index (χ3n) is 2.23. The van der Waals surface area contributed by atoms with Crippen LogP contribution < -0.4 is 0 Å². The Morgan fingerprint density at radius 2 is 1.88 bits per heavy atom. The van der Waals surface area contributed by atoms with Crippen LogP contribution in [0.5, 0.6) is 0 Å². The largest absolute Gasteiger partial charge is 0.461 e. The molecule has 0 atom stereocenters. The Kier molecular flexibility index (Phi) is 8.64. The van der Waals surface area contributed by atoms with Crippen molar-refractivity contribution >= 4 is 18.4 Å². The third-order valence-corrected chi connectivity index (χ3v) is 2.23. The summed E-state index contributed by atoms with van der Waals surface area (Å²) in [5, 5.41) is 0. The molecule has 0 saturated carbocycles. The minimum absolute atomic E-state index is 0. The zero-order valence-corrected chi connectivity index (χ0v) is 10.5. The lowest BCUT2D eigenvalue weighted by molar-refractivity contribution is -0.145. The minimum Gasteiger partial charge on any atom is -0.461 e. The Balaban J connectivity index is 0.00000225. The van der Waals surface area contributed by atoms with Crippen LogP contribution in [-0.2, 0) is 16.1 Å². The van der Waals surface area contributed by atoms with Crippen molar-refractivity contribution in [3.63, 3.8) is 0 Å². The van der Waals surface area contributed by atoms with Crippen LogP contribution in [0.1, 0.15) is 38.2 Å². The second-order valence-electron chi connectivity index (χ2n) is 3.60. The Bertz CT molecular complexity index is 285. The first-order chi connectivity index (χ1) is 7.33. The molecule has 0 N–H and O–H groups in total. The molecular weight excluding hydrogens is 224 g/mol. The van der Waals surface area contributed by atoms with E-state index >= 15 is 0 Å². The molecule has 0 saturated heterocycles. The maximum absolute atomic E-state index is 11.3. The first kappa shape index (κ1) is 15.0. The number of ether oxygens (including phenoxy) is 1. The van der Waals surface area contributed by atoms with E-state index in [4.69, 9.17) is 4.74 Å². The van der Waals surface area contributed by atoms with Gasteiger partial charge in [-0.15, -0.1) is 12.4 Å². The van der Waals surface area contributed by atoms with Gasteiger partial charge in [-0.2, -0.15) is 0 Å². The molecule has 2 nitrogen and oxygen atoms in total. The lowest BCUT2D eigenvalue weighted by atomic mass is 10.2. The van der Waals surface area contributed by atoms with Crippen LogP contribution in [0.15, 0.2) is 30.3 Å². The molecule has 1 rings (SSSR count). The van der Waals surface area contributed by atoms with Crippen molar-refractivity contribution in [2.45, 2.75) is 39.2 Å². The summed E-state index contributed by atoms with van der Waals surface area (Å²) in [5.74, 6) is -0.0905. The molecule has 0 heterocycles. The van der Waals surface area contributed by atoms with E-state index in [9.17, 15) is 4.79 Å². The molecule has 3 heteroatoms. The summed E-state index contributed by atoms with van der Waals surface area (Å²) < 4.78 is 5.14. The third kappa shape index (κ3) is 6.46. The molecule has 0 radical (unpaired) electrons. The molecule has 0 aromatic heterocycles. The van der Waals surface area contributed by atoms with Gasteiger partial charge in [0.1, 0.15) is 6.61 Å². The highest BCUT2D eigenvalue weighted by molar-refractivity contribution is 5.85. The van der Waals surface area contributed by atoms with Crippen LogP contribution in [0.2, 0.25) is 0 Å². The first-order valence-electron chi connectivity index (χ1n) is 5.52. The molecule has 0 bridgehead atoms. The number of unbranched alkanes of at least 4 members (excludes halogenated alkanes) is 2. The van der Waals surface area contributed by atoms with Crippen molar-refractivity contribution in [1.29, 1.82) is 0 Å². The second kappa shape index (κ2) is 9.22. The van der Waals surface area contributed by atoms with Crippen LogP contribution >= 0.6 is 12.4 Å². The maximum atomic E-state index is 11.3. The van der Waals surface area contributed by atoms with Crippen LogP contribution in [0.4, 0.5) is 0 Å². The van der Waals surface area contributed by atoms with Crippen molar-refractivity contribution in [2.75, 3.05) is 0 Å². The zero-order chi connectivity index (χ0) is 10.9. The fraction of sp³-hybridized carbons (Fsp3) is 0.462. The standard InChI is InChI=1S/C13H18O2.ClH/c1-2-3-5-10-13(14)15-11-12-8-6-4-7-9-12;/h4,6-9H,2-3,5,10-11H2,1H3;1H. The van der Waals surface area contributed by atoms with Crippen LogP contribution in [0.25, 0.3) is 0 Å². The van der Waals surface area contributed by atoms with Gasteiger partial charge in [0.25, 0.3) is 0 Å².